The Kier molecular flexibility index (Phi) is 5.04. The smallest absolute Gasteiger partial charge is 0.252 e. The number of anilines is 1. The molecule has 136 valence electrons. The fraction of sp³-hybridized carbons (Fsp3) is 0.190. The Morgan fingerprint density at radius 3 is 2.37 bits per heavy atom. The highest BCUT2D eigenvalue weighted by molar-refractivity contribution is 5.80. The minimum Gasteiger partial charge on any atom is -0.417 e. The molecule has 0 amide bonds. The predicted octanol–water partition coefficient (Wildman–Crippen LogP) is 5.10. The Bertz CT molecular complexity index is 991. The third-order valence-electron chi connectivity index (χ3n) is 3.98. The van der Waals surface area contributed by atoms with E-state index in [1.165, 1.54) is 29.8 Å². The summed E-state index contributed by atoms with van der Waals surface area (Å²) >= 11 is 0. The highest BCUT2D eigenvalue weighted by atomic mass is 19.1. The van der Waals surface area contributed by atoms with Gasteiger partial charge >= 0.3 is 0 Å². The summed E-state index contributed by atoms with van der Waals surface area (Å²) in [5.74, 6) is 0.00408. The second kappa shape index (κ2) is 7.42. The van der Waals surface area contributed by atoms with Crippen molar-refractivity contribution in [1.82, 2.24) is 4.98 Å². The molecule has 0 radical (unpaired) electrons. The van der Waals surface area contributed by atoms with Crippen LogP contribution in [0, 0.1) is 17.1 Å². The van der Waals surface area contributed by atoms with Gasteiger partial charge in [-0.2, -0.15) is 15.3 Å². The van der Waals surface area contributed by atoms with E-state index in [2.05, 4.69) is 48.4 Å². The summed E-state index contributed by atoms with van der Waals surface area (Å²) in [7, 11) is 0. The van der Waals surface area contributed by atoms with Gasteiger partial charge in [0.2, 0.25) is 11.6 Å². The Morgan fingerprint density at radius 1 is 1.11 bits per heavy atom. The first-order valence-corrected chi connectivity index (χ1v) is 8.43. The fourth-order valence-corrected chi connectivity index (χ4v) is 2.42. The van der Waals surface area contributed by atoms with E-state index >= 15 is 0 Å². The quantitative estimate of drug-likeness (QED) is 0.518. The number of aromatic nitrogens is 1. The molecule has 3 aromatic rings. The van der Waals surface area contributed by atoms with Gasteiger partial charge in [-0.3, -0.25) is 0 Å². The van der Waals surface area contributed by atoms with Crippen LogP contribution in [-0.2, 0) is 5.41 Å². The van der Waals surface area contributed by atoms with Crippen molar-refractivity contribution in [2.24, 2.45) is 5.10 Å². The highest BCUT2D eigenvalue weighted by Gasteiger charge is 2.14. The third-order valence-corrected chi connectivity index (χ3v) is 3.98. The van der Waals surface area contributed by atoms with Gasteiger partial charge in [-0.05, 0) is 40.8 Å². The molecule has 0 aliphatic carbocycles. The van der Waals surface area contributed by atoms with E-state index in [0.29, 0.717) is 5.56 Å². The Balaban J connectivity index is 1.75. The maximum Gasteiger partial charge on any atom is 0.252 e. The van der Waals surface area contributed by atoms with Crippen LogP contribution >= 0.6 is 0 Å². The first-order valence-electron chi connectivity index (χ1n) is 8.43. The highest BCUT2D eigenvalue weighted by Crippen LogP contribution is 2.25. The van der Waals surface area contributed by atoms with Crippen LogP contribution in [0.5, 0.6) is 0 Å². The van der Waals surface area contributed by atoms with E-state index in [1.54, 1.807) is 6.21 Å². The van der Waals surface area contributed by atoms with Crippen LogP contribution in [0.3, 0.4) is 0 Å². The minimum absolute atomic E-state index is 0.0783. The molecule has 2 aromatic carbocycles. The Morgan fingerprint density at radius 2 is 1.78 bits per heavy atom. The molecule has 0 saturated carbocycles. The molecule has 6 heteroatoms. The van der Waals surface area contributed by atoms with Crippen molar-refractivity contribution in [3.05, 3.63) is 71.2 Å². The van der Waals surface area contributed by atoms with Gasteiger partial charge in [0.1, 0.15) is 11.9 Å². The number of nitrogens with one attached hydrogen (secondary N) is 1. The van der Waals surface area contributed by atoms with Crippen LogP contribution in [0.15, 0.2) is 58.0 Å². The lowest BCUT2D eigenvalue weighted by Crippen LogP contribution is -2.10. The van der Waals surface area contributed by atoms with Crippen LogP contribution in [0.1, 0.15) is 37.6 Å². The van der Waals surface area contributed by atoms with E-state index in [9.17, 15) is 9.65 Å². The zero-order chi connectivity index (χ0) is 19.4. The number of nitriles is 1. The van der Waals surface area contributed by atoms with Crippen molar-refractivity contribution in [2.45, 2.75) is 26.2 Å². The normalized spacial score (nSPS) is 11.5. The van der Waals surface area contributed by atoms with Gasteiger partial charge in [0.15, 0.2) is 0 Å². The molecule has 0 aliphatic heterocycles. The van der Waals surface area contributed by atoms with Gasteiger partial charge in [-0.1, -0.05) is 45.0 Å². The third kappa shape index (κ3) is 4.39. The first kappa shape index (κ1) is 18.3. The number of oxazole rings is 1. The fourth-order valence-electron chi connectivity index (χ4n) is 2.42. The maximum absolute atomic E-state index is 13.0. The average molecular weight is 362 g/mol. The molecule has 27 heavy (non-hydrogen) atoms. The first-order chi connectivity index (χ1) is 12.9. The number of hydrogen-bond acceptors (Lipinski definition) is 5. The molecular formula is C21H19FN4O. The second-order valence-electron chi connectivity index (χ2n) is 7.06. The summed E-state index contributed by atoms with van der Waals surface area (Å²) in [6.07, 6.45) is 1.63. The van der Waals surface area contributed by atoms with Crippen LogP contribution in [0.2, 0.25) is 0 Å². The van der Waals surface area contributed by atoms with Crippen LogP contribution in [-0.4, -0.2) is 11.2 Å². The van der Waals surface area contributed by atoms with Gasteiger partial charge in [0.05, 0.1) is 6.21 Å². The number of nitrogens with zero attached hydrogens (tertiary/aromatic N) is 3. The van der Waals surface area contributed by atoms with Gasteiger partial charge in [0.25, 0.3) is 5.88 Å². The van der Waals surface area contributed by atoms with E-state index in [-0.39, 0.29) is 28.7 Å². The lowest BCUT2D eigenvalue weighted by molar-refractivity contribution is 0.586. The van der Waals surface area contributed by atoms with Gasteiger partial charge in [0, 0.05) is 5.56 Å². The molecule has 0 fully saturated rings. The van der Waals surface area contributed by atoms with Gasteiger partial charge in [-0.25, -0.2) is 9.82 Å². The summed E-state index contributed by atoms with van der Waals surface area (Å²) in [5.41, 5.74) is 5.59. The summed E-state index contributed by atoms with van der Waals surface area (Å²) in [6, 6.07) is 15.7. The monoisotopic (exact) mass is 362 g/mol. The molecule has 1 heterocycles. The van der Waals surface area contributed by atoms with Crippen molar-refractivity contribution < 1.29 is 8.81 Å². The summed E-state index contributed by atoms with van der Waals surface area (Å²) in [6.45, 7) is 6.47. The van der Waals surface area contributed by atoms with E-state index < -0.39 is 0 Å². The van der Waals surface area contributed by atoms with Crippen molar-refractivity contribution >= 4 is 12.1 Å². The molecule has 1 aromatic heterocycles. The Hall–Kier alpha value is -3.46. The summed E-state index contributed by atoms with van der Waals surface area (Å²) in [5, 5.41) is 13.3. The van der Waals surface area contributed by atoms with Crippen molar-refractivity contribution in [2.75, 3.05) is 5.43 Å². The standard InChI is InChI=1S/C21H19FN4O/c1-21(2,3)16-8-4-14(5-9-16)13-24-26-20-18(12-23)25-19(27-20)15-6-10-17(22)11-7-15/h4-11,13,26H,1-3H3. The van der Waals surface area contributed by atoms with E-state index in [4.69, 9.17) is 4.42 Å². The van der Waals surface area contributed by atoms with Crippen molar-refractivity contribution in [3.63, 3.8) is 0 Å². The zero-order valence-electron chi connectivity index (χ0n) is 15.3. The molecule has 0 saturated heterocycles. The zero-order valence-corrected chi connectivity index (χ0v) is 15.3. The average Bonchev–Trinajstić information content (AvgIpc) is 3.05. The number of hydrazone groups is 1. The molecule has 3 rings (SSSR count). The molecule has 0 atom stereocenters. The minimum atomic E-state index is -0.355. The molecule has 0 unspecified atom stereocenters. The summed E-state index contributed by atoms with van der Waals surface area (Å²) < 4.78 is 18.6. The lowest BCUT2D eigenvalue weighted by atomic mass is 9.87. The van der Waals surface area contributed by atoms with Gasteiger partial charge < -0.3 is 4.42 Å². The van der Waals surface area contributed by atoms with Gasteiger partial charge in [-0.15, -0.1) is 0 Å². The van der Waals surface area contributed by atoms with Crippen LogP contribution in [0.25, 0.3) is 11.5 Å². The molecule has 1 N–H and O–H groups in total. The van der Waals surface area contributed by atoms with E-state index in [0.717, 1.165) is 5.56 Å². The molecule has 0 bridgehead atoms. The maximum atomic E-state index is 13.0. The van der Waals surface area contributed by atoms with Crippen molar-refractivity contribution in [3.8, 4) is 17.5 Å². The Labute approximate surface area is 157 Å². The number of benzene rings is 2. The lowest BCUT2D eigenvalue weighted by Gasteiger charge is -2.18. The summed E-state index contributed by atoms with van der Waals surface area (Å²) in [4.78, 5) is 4.11. The van der Waals surface area contributed by atoms with Crippen LogP contribution in [0.4, 0.5) is 10.3 Å². The largest absolute Gasteiger partial charge is 0.417 e. The topological polar surface area (TPSA) is 74.2 Å². The molecule has 0 spiro atoms. The number of rotatable bonds is 4. The van der Waals surface area contributed by atoms with Crippen LogP contribution < -0.4 is 5.43 Å². The molecule has 0 aliphatic rings. The van der Waals surface area contributed by atoms with E-state index in [1.807, 2.05) is 18.2 Å². The molecular weight excluding hydrogens is 343 g/mol. The SMILES string of the molecule is CC(C)(C)c1ccc(C=NNc2oc(-c3ccc(F)cc3)nc2C#N)cc1. The predicted molar refractivity (Wildman–Crippen MR) is 103 cm³/mol. The second-order valence-corrected chi connectivity index (χ2v) is 7.06. The number of halogens is 1. The van der Waals surface area contributed by atoms with Crippen molar-refractivity contribution in [1.29, 1.82) is 5.26 Å². The molecule has 5 nitrogen and oxygen atoms in total. The number of hydrogen-bond donors (Lipinski definition) is 1.